The van der Waals surface area contributed by atoms with E-state index in [1.165, 1.54) is 25.7 Å². The van der Waals surface area contributed by atoms with Gasteiger partial charge in [0, 0.05) is 7.11 Å². The number of halogens is 1. The van der Waals surface area contributed by atoms with E-state index in [1.807, 2.05) is 0 Å². The van der Waals surface area contributed by atoms with Gasteiger partial charge in [0.25, 0.3) is 0 Å². The van der Waals surface area contributed by atoms with E-state index in [0.717, 1.165) is 39.2 Å². The Morgan fingerprint density at radius 2 is 1.23 bits per heavy atom. The molecule has 0 fully saturated rings. The number of hydrogen-bond acceptors (Lipinski definition) is 3. The summed E-state index contributed by atoms with van der Waals surface area (Å²) in [4.78, 5) is 0. The molecule has 150 valence electrons. The van der Waals surface area contributed by atoms with Crippen LogP contribution in [0, 0.1) is 0 Å². The third-order valence-corrected chi connectivity index (χ3v) is 4.61. The second-order valence-electron chi connectivity index (χ2n) is 6.03. The van der Waals surface area contributed by atoms with Crippen LogP contribution in [0.2, 0.25) is 0 Å². The van der Waals surface area contributed by atoms with E-state index >= 15 is 0 Å². The molecule has 0 bridgehead atoms. The Kier molecular flexibility index (Phi) is 18.1. The molecule has 0 saturated carbocycles. The summed E-state index contributed by atoms with van der Waals surface area (Å²) in [6.07, 6.45) is 27.9. The molecule has 3 nitrogen and oxygen atoms in total. The molecule has 26 heavy (non-hydrogen) atoms. The predicted octanol–water partition coefficient (Wildman–Crippen LogP) is 7.87. The van der Waals surface area contributed by atoms with Crippen LogP contribution in [-0.4, -0.2) is 13.7 Å². The van der Waals surface area contributed by atoms with Crippen molar-refractivity contribution in [1.29, 1.82) is 0 Å². The van der Waals surface area contributed by atoms with Gasteiger partial charge in [-0.25, -0.2) is 4.57 Å². The molecule has 0 N–H and O–H groups in total. The van der Waals surface area contributed by atoms with E-state index in [4.69, 9.17) is 0 Å². The highest BCUT2D eigenvalue weighted by molar-refractivity contribution is 7.48. The van der Waals surface area contributed by atoms with Crippen LogP contribution in [0.5, 0.6) is 0 Å². The molecule has 0 aliphatic rings. The first-order valence-electron chi connectivity index (χ1n) is 9.72. The average Bonchev–Trinajstić information content (AvgIpc) is 2.63. The van der Waals surface area contributed by atoms with Gasteiger partial charge in [0.05, 0.1) is 6.61 Å². The Balaban J connectivity index is 3.45. The van der Waals surface area contributed by atoms with E-state index in [-0.39, 0.29) is 6.61 Å². The summed E-state index contributed by atoms with van der Waals surface area (Å²) < 4.78 is 32.3. The van der Waals surface area contributed by atoms with Gasteiger partial charge in [0.15, 0.2) is 0 Å². The minimum Gasteiger partial charge on any atom is -0.287 e. The predicted molar refractivity (Wildman–Crippen MR) is 110 cm³/mol. The molecule has 0 heterocycles. The van der Waals surface area contributed by atoms with Crippen LogP contribution in [0.4, 0.5) is 4.20 Å². The van der Waals surface area contributed by atoms with E-state index in [0.29, 0.717) is 6.42 Å². The highest BCUT2D eigenvalue weighted by atomic mass is 31.2. The fourth-order valence-electron chi connectivity index (χ4n) is 2.15. The van der Waals surface area contributed by atoms with Crippen LogP contribution in [0.1, 0.15) is 71.1 Å². The summed E-state index contributed by atoms with van der Waals surface area (Å²) in [6, 6.07) is 0. The summed E-state index contributed by atoms with van der Waals surface area (Å²) in [5, 5.41) is 0. The Hall–Kier alpha value is -0.960. The summed E-state index contributed by atoms with van der Waals surface area (Å²) >= 11 is 0. The number of allylic oxidation sites excluding steroid dienone is 8. The SMILES string of the molecule is CCCCC/C=C\C/C=C\C/C=C\C/C=C\CCCCOP(=O)(F)OC. The maximum absolute atomic E-state index is 12.8. The molecule has 0 radical (unpaired) electrons. The lowest BCUT2D eigenvalue weighted by molar-refractivity contribution is 0.198. The third kappa shape index (κ3) is 19.4. The van der Waals surface area contributed by atoms with Crippen LogP contribution < -0.4 is 0 Å². The zero-order chi connectivity index (χ0) is 19.3. The van der Waals surface area contributed by atoms with Crippen molar-refractivity contribution in [3.63, 3.8) is 0 Å². The Morgan fingerprint density at radius 3 is 1.69 bits per heavy atom. The number of hydrogen-bond donors (Lipinski definition) is 0. The van der Waals surface area contributed by atoms with Crippen LogP contribution >= 0.6 is 7.91 Å². The summed E-state index contributed by atoms with van der Waals surface area (Å²) in [5.74, 6) is 0. The fourth-order valence-corrected chi connectivity index (χ4v) is 2.60. The van der Waals surface area contributed by atoms with Crippen LogP contribution in [0.15, 0.2) is 48.6 Å². The Morgan fingerprint density at radius 1 is 0.769 bits per heavy atom. The van der Waals surface area contributed by atoms with Gasteiger partial charge in [-0.3, -0.25) is 9.05 Å². The lowest BCUT2D eigenvalue weighted by atomic mass is 10.2. The van der Waals surface area contributed by atoms with E-state index in [2.05, 4.69) is 64.6 Å². The van der Waals surface area contributed by atoms with Crippen molar-refractivity contribution in [3.8, 4) is 0 Å². The van der Waals surface area contributed by atoms with Gasteiger partial charge in [-0.05, 0) is 51.4 Å². The molecule has 0 aromatic rings. The number of unbranched alkanes of at least 4 members (excludes halogenated alkanes) is 5. The molecule has 0 amide bonds. The topological polar surface area (TPSA) is 35.5 Å². The van der Waals surface area contributed by atoms with Crippen molar-refractivity contribution < 1.29 is 17.8 Å². The largest absolute Gasteiger partial charge is 0.512 e. The highest BCUT2D eigenvalue weighted by Gasteiger charge is 2.20. The van der Waals surface area contributed by atoms with Crippen LogP contribution in [-0.2, 0) is 13.6 Å². The maximum Gasteiger partial charge on any atom is 0.512 e. The van der Waals surface area contributed by atoms with Crippen LogP contribution in [0.3, 0.4) is 0 Å². The first kappa shape index (κ1) is 25.0. The van der Waals surface area contributed by atoms with Crippen molar-refractivity contribution in [1.82, 2.24) is 0 Å². The normalized spacial score (nSPS) is 15.0. The molecule has 0 rings (SSSR count). The van der Waals surface area contributed by atoms with Gasteiger partial charge < -0.3 is 0 Å². The molecule has 1 atom stereocenters. The lowest BCUT2D eigenvalue weighted by Gasteiger charge is -2.05. The average molecular weight is 386 g/mol. The lowest BCUT2D eigenvalue weighted by Crippen LogP contribution is -1.91. The van der Waals surface area contributed by atoms with Crippen molar-refractivity contribution >= 4 is 7.91 Å². The molecule has 0 aromatic heterocycles. The zero-order valence-electron chi connectivity index (χ0n) is 16.4. The van der Waals surface area contributed by atoms with Crippen LogP contribution in [0.25, 0.3) is 0 Å². The molecule has 0 saturated heterocycles. The van der Waals surface area contributed by atoms with Crippen molar-refractivity contribution in [2.45, 2.75) is 71.1 Å². The molecule has 0 aliphatic carbocycles. The maximum atomic E-state index is 12.8. The standard InChI is InChI=1S/C21H36FO3P/c1-3-4-5-6-7-8-9-10-11-12-13-14-15-16-17-18-19-20-21-25-26(22,23)24-2/h7-8,10-11,13-14,16-17H,3-6,9,12,15,18-21H2,1-2H3/b8-7-,11-10-,14-13-,17-16-. The van der Waals surface area contributed by atoms with E-state index < -0.39 is 7.91 Å². The second-order valence-corrected chi connectivity index (χ2v) is 7.52. The minimum atomic E-state index is -4.30. The Bertz CT molecular complexity index is 470. The third-order valence-electron chi connectivity index (χ3n) is 3.69. The molecule has 0 aromatic carbocycles. The molecule has 0 aliphatic heterocycles. The van der Waals surface area contributed by atoms with Gasteiger partial charge >= 0.3 is 7.91 Å². The van der Waals surface area contributed by atoms with Gasteiger partial charge in [-0.15, -0.1) is 4.20 Å². The highest BCUT2D eigenvalue weighted by Crippen LogP contribution is 2.48. The first-order valence-corrected chi connectivity index (χ1v) is 11.2. The van der Waals surface area contributed by atoms with Gasteiger partial charge in [0.2, 0.25) is 0 Å². The van der Waals surface area contributed by atoms with Gasteiger partial charge in [0.1, 0.15) is 0 Å². The van der Waals surface area contributed by atoms with Gasteiger partial charge in [-0.1, -0.05) is 68.4 Å². The fraction of sp³-hybridized carbons (Fsp3) is 0.619. The quantitative estimate of drug-likeness (QED) is 0.145. The van der Waals surface area contributed by atoms with Crippen molar-refractivity contribution in [2.75, 3.05) is 13.7 Å². The smallest absolute Gasteiger partial charge is 0.287 e. The first-order chi connectivity index (χ1) is 12.6. The second kappa shape index (κ2) is 18.8. The minimum absolute atomic E-state index is 0.121. The molecule has 0 spiro atoms. The van der Waals surface area contributed by atoms with Crippen molar-refractivity contribution in [3.05, 3.63) is 48.6 Å². The monoisotopic (exact) mass is 386 g/mol. The van der Waals surface area contributed by atoms with Crippen molar-refractivity contribution in [2.24, 2.45) is 0 Å². The summed E-state index contributed by atoms with van der Waals surface area (Å²) in [5.41, 5.74) is 0. The molecular weight excluding hydrogens is 350 g/mol. The number of rotatable bonds is 17. The Labute approximate surface area is 159 Å². The van der Waals surface area contributed by atoms with Gasteiger partial charge in [-0.2, -0.15) is 0 Å². The molecule has 5 heteroatoms. The molecule has 1 unspecified atom stereocenters. The van der Waals surface area contributed by atoms with E-state index in [9.17, 15) is 8.76 Å². The summed E-state index contributed by atoms with van der Waals surface area (Å²) in [6.45, 7) is 2.35. The zero-order valence-corrected chi connectivity index (χ0v) is 17.3. The van der Waals surface area contributed by atoms with E-state index in [1.54, 1.807) is 0 Å². The summed E-state index contributed by atoms with van der Waals surface area (Å²) in [7, 11) is -3.26. The molecular formula is C21H36FO3P.